The third-order valence-electron chi connectivity index (χ3n) is 2.62. The molecule has 0 amide bonds. The van der Waals surface area contributed by atoms with E-state index in [0.717, 1.165) is 13.1 Å². The molecular formula is C9H13Cl2N3O2S. The molecule has 1 saturated heterocycles. The van der Waals surface area contributed by atoms with Gasteiger partial charge in [-0.25, -0.2) is 18.4 Å². The molecule has 2 heterocycles. The maximum atomic E-state index is 12.2. The Hall–Kier alpha value is -0.430. The molecule has 0 aromatic carbocycles. The highest BCUT2D eigenvalue weighted by Gasteiger charge is 2.30. The molecule has 5 nitrogen and oxygen atoms in total. The van der Waals surface area contributed by atoms with E-state index in [1.54, 1.807) is 0 Å². The maximum Gasteiger partial charge on any atom is 0.223 e. The van der Waals surface area contributed by atoms with E-state index >= 15 is 0 Å². The lowest BCUT2D eigenvalue weighted by atomic mass is 10.2. The van der Waals surface area contributed by atoms with E-state index < -0.39 is 9.84 Å². The van der Waals surface area contributed by atoms with Crippen molar-refractivity contribution < 1.29 is 8.42 Å². The third kappa shape index (κ3) is 3.28. The molecule has 0 saturated carbocycles. The average Bonchev–Trinajstić information content (AvgIpc) is 2.30. The van der Waals surface area contributed by atoms with Gasteiger partial charge in [-0.1, -0.05) is 0 Å². The number of nitrogens with zero attached hydrogens (tertiary/aromatic N) is 2. The van der Waals surface area contributed by atoms with Crippen molar-refractivity contribution in [1.82, 2.24) is 15.3 Å². The van der Waals surface area contributed by atoms with Gasteiger partial charge < -0.3 is 5.32 Å². The summed E-state index contributed by atoms with van der Waals surface area (Å²) in [6, 6.07) is 1.39. The van der Waals surface area contributed by atoms with E-state index in [0.29, 0.717) is 12.8 Å². The quantitative estimate of drug-likeness (QED) is 0.653. The van der Waals surface area contributed by atoms with E-state index in [2.05, 4.69) is 15.3 Å². The minimum absolute atomic E-state index is 0. The van der Waals surface area contributed by atoms with Gasteiger partial charge >= 0.3 is 0 Å². The third-order valence-corrected chi connectivity index (χ3v) is 4.96. The van der Waals surface area contributed by atoms with Gasteiger partial charge in [0.05, 0.1) is 5.25 Å². The van der Waals surface area contributed by atoms with Crippen molar-refractivity contribution in [3.8, 4) is 0 Å². The maximum absolute atomic E-state index is 12.2. The molecule has 1 aromatic rings. The molecule has 0 bridgehead atoms. The monoisotopic (exact) mass is 297 g/mol. The molecule has 96 valence electrons. The van der Waals surface area contributed by atoms with Crippen molar-refractivity contribution in [1.29, 1.82) is 0 Å². The van der Waals surface area contributed by atoms with Gasteiger partial charge in [-0.3, -0.25) is 0 Å². The number of hydrogen-bond acceptors (Lipinski definition) is 5. The summed E-state index contributed by atoms with van der Waals surface area (Å²) in [6.45, 7) is 1.45. The molecule has 1 aliphatic heterocycles. The van der Waals surface area contributed by atoms with Crippen molar-refractivity contribution in [2.24, 2.45) is 0 Å². The molecule has 2 rings (SSSR count). The number of rotatable bonds is 2. The van der Waals surface area contributed by atoms with Crippen molar-refractivity contribution in [2.75, 3.05) is 13.1 Å². The second kappa shape index (κ2) is 5.95. The number of halogens is 2. The number of nitrogens with one attached hydrogen (secondary N) is 1. The lowest BCUT2D eigenvalue weighted by Crippen LogP contribution is -2.36. The molecule has 1 fully saturated rings. The Kier molecular flexibility index (Phi) is 5.12. The Bertz CT molecular complexity index is 475. The Balaban J connectivity index is 0.00000144. The fraction of sp³-hybridized carbons (Fsp3) is 0.556. The molecule has 0 atom stereocenters. The second-order valence-corrected chi connectivity index (χ2v) is 6.17. The molecule has 0 radical (unpaired) electrons. The smallest absolute Gasteiger partial charge is 0.223 e. The van der Waals surface area contributed by atoms with Gasteiger partial charge in [0.1, 0.15) is 0 Å². The van der Waals surface area contributed by atoms with Gasteiger partial charge in [0.2, 0.25) is 5.28 Å². The topological polar surface area (TPSA) is 72.0 Å². The summed E-state index contributed by atoms with van der Waals surface area (Å²) >= 11 is 5.59. The summed E-state index contributed by atoms with van der Waals surface area (Å²) in [7, 11) is -3.36. The highest BCUT2D eigenvalue weighted by atomic mass is 35.5. The van der Waals surface area contributed by atoms with Gasteiger partial charge in [0.15, 0.2) is 14.9 Å². The largest absolute Gasteiger partial charge is 0.317 e. The van der Waals surface area contributed by atoms with Gasteiger partial charge in [0, 0.05) is 6.20 Å². The molecule has 8 heteroatoms. The van der Waals surface area contributed by atoms with Crippen molar-refractivity contribution in [3.05, 3.63) is 17.5 Å². The first-order chi connectivity index (χ1) is 7.60. The number of piperidine rings is 1. The van der Waals surface area contributed by atoms with Crippen molar-refractivity contribution >= 4 is 33.8 Å². The number of hydrogen-bond donors (Lipinski definition) is 1. The van der Waals surface area contributed by atoms with Crippen LogP contribution in [0.2, 0.25) is 5.28 Å². The lowest BCUT2D eigenvalue weighted by molar-refractivity contribution is 0.494. The van der Waals surface area contributed by atoms with E-state index in [4.69, 9.17) is 11.6 Å². The van der Waals surface area contributed by atoms with E-state index in [1.165, 1.54) is 12.3 Å². The SMILES string of the molecule is Cl.O=S(=O)(c1ccnc(Cl)n1)C1CCNCC1. The Morgan fingerprint density at radius 2 is 2.00 bits per heavy atom. The number of aromatic nitrogens is 2. The molecule has 1 N–H and O–H groups in total. The average molecular weight is 298 g/mol. The molecule has 0 unspecified atom stereocenters. The van der Waals surface area contributed by atoms with Crippen LogP contribution in [0.25, 0.3) is 0 Å². The van der Waals surface area contributed by atoms with Gasteiger partial charge in [-0.05, 0) is 43.6 Å². The summed E-state index contributed by atoms with van der Waals surface area (Å²) in [5.41, 5.74) is 0. The van der Waals surface area contributed by atoms with Crippen molar-refractivity contribution in [2.45, 2.75) is 23.1 Å². The molecule has 0 aliphatic carbocycles. The summed E-state index contributed by atoms with van der Waals surface area (Å²) in [6.07, 6.45) is 2.59. The molecule has 1 aromatic heterocycles. The van der Waals surface area contributed by atoms with Crippen LogP contribution in [0.4, 0.5) is 0 Å². The van der Waals surface area contributed by atoms with E-state index in [1.807, 2.05) is 0 Å². The fourth-order valence-corrected chi connectivity index (χ4v) is 3.61. The van der Waals surface area contributed by atoms with Crippen LogP contribution >= 0.6 is 24.0 Å². The summed E-state index contributed by atoms with van der Waals surface area (Å²) in [5.74, 6) is 0. The molecular weight excluding hydrogens is 285 g/mol. The summed E-state index contributed by atoms with van der Waals surface area (Å²) in [4.78, 5) is 7.44. The minimum Gasteiger partial charge on any atom is -0.317 e. The fourth-order valence-electron chi connectivity index (χ4n) is 1.75. The van der Waals surface area contributed by atoms with E-state index in [-0.39, 0.29) is 28.0 Å². The first kappa shape index (κ1) is 14.6. The molecule has 17 heavy (non-hydrogen) atoms. The molecule has 1 aliphatic rings. The zero-order valence-corrected chi connectivity index (χ0v) is 11.4. The second-order valence-electron chi connectivity index (χ2n) is 3.66. The Labute approximate surface area is 111 Å². The normalized spacial score (nSPS) is 17.5. The van der Waals surface area contributed by atoms with Gasteiger partial charge in [-0.15, -0.1) is 12.4 Å². The van der Waals surface area contributed by atoms with Gasteiger partial charge in [-0.2, -0.15) is 0 Å². The number of sulfone groups is 1. The van der Waals surface area contributed by atoms with Crippen LogP contribution in [0.5, 0.6) is 0 Å². The minimum atomic E-state index is -3.36. The van der Waals surface area contributed by atoms with E-state index in [9.17, 15) is 8.42 Å². The van der Waals surface area contributed by atoms with Crippen LogP contribution in [0, 0.1) is 0 Å². The molecule has 0 spiro atoms. The summed E-state index contributed by atoms with van der Waals surface area (Å²) in [5, 5.41) is 2.76. The zero-order chi connectivity index (χ0) is 11.6. The van der Waals surface area contributed by atoms with Crippen molar-refractivity contribution in [3.63, 3.8) is 0 Å². The summed E-state index contributed by atoms with van der Waals surface area (Å²) < 4.78 is 24.3. The predicted molar refractivity (Wildman–Crippen MR) is 67.4 cm³/mol. The van der Waals surface area contributed by atoms with Crippen LogP contribution in [0.15, 0.2) is 17.3 Å². The lowest BCUT2D eigenvalue weighted by Gasteiger charge is -2.22. The first-order valence-electron chi connectivity index (χ1n) is 5.04. The standard InChI is InChI=1S/C9H12ClN3O2S.ClH/c10-9-12-6-3-8(13-9)16(14,15)7-1-4-11-5-2-7;/h3,6-7,11H,1-2,4-5H2;1H. The Morgan fingerprint density at radius 1 is 1.35 bits per heavy atom. The van der Waals surface area contributed by atoms with Gasteiger partial charge in [0.25, 0.3) is 0 Å². The zero-order valence-electron chi connectivity index (χ0n) is 8.97. The van der Waals surface area contributed by atoms with Crippen LogP contribution < -0.4 is 5.32 Å². The highest BCUT2D eigenvalue weighted by molar-refractivity contribution is 7.92. The highest BCUT2D eigenvalue weighted by Crippen LogP contribution is 2.20. The van der Waals surface area contributed by atoms with Crippen LogP contribution in [-0.2, 0) is 9.84 Å². The Morgan fingerprint density at radius 3 is 2.59 bits per heavy atom. The van der Waals surface area contributed by atoms with Crippen LogP contribution in [0.3, 0.4) is 0 Å². The van der Waals surface area contributed by atoms with Crippen LogP contribution in [0.1, 0.15) is 12.8 Å². The van der Waals surface area contributed by atoms with Crippen LogP contribution in [-0.4, -0.2) is 36.7 Å². The predicted octanol–water partition coefficient (Wildman–Crippen LogP) is 1.08. The first-order valence-corrected chi connectivity index (χ1v) is 6.96.